The number of aromatic nitrogens is 1. The molecule has 0 unspecified atom stereocenters. The van der Waals surface area contributed by atoms with E-state index < -0.39 is 0 Å². The van der Waals surface area contributed by atoms with Crippen LogP contribution in [0.3, 0.4) is 0 Å². The Morgan fingerprint density at radius 2 is 1.96 bits per heavy atom. The highest BCUT2D eigenvalue weighted by Gasteiger charge is 2.10. The molecule has 0 fully saturated rings. The summed E-state index contributed by atoms with van der Waals surface area (Å²) in [5, 5.41) is 11.6. The quantitative estimate of drug-likeness (QED) is 0.349. The van der Waals surface area contributed by atoms with E-state index in [4.69, 9.17) is 8.94 Å². The first-order chi connectivity index (χ1) is 11.7. The molecular formula is C18H23IN4O2. The lowest BCUT2D eigenvalue weighted by Crippen LogP contribution is -2.36. The highest BCUT2D eigenvalue weighted by Crippen LogP contribution is 2.24. The topological polar surface area (TPSA) is 75.6 Å². The molecular weight excluding hydrogens is 431 g/mol. The van der Waals surface area contributed by atoms with Gasteiger partial charge in [0, 0.05) is 24.1 Å². The summed E-state index contributed by atoms with van der Waals surface area (Å²) < 4.78 is 11.2. The van der Waals surface area contributed by atoms with Gasteiger partial charge in [0.2, 0.25) is 0 Å². The van der Waals surface area contributed by atoms with Crippen molar-refractivity contribution in [1.29, 1.82) is 0 Å². The van der Waals surface area contributed by atoms with Crippen molar-refractivity contribution in [3.05, 3.63) is 53.1 Å². The van der Waals surface area contributed by atoms with Gasteiger partial charge in [0.15, 0.2) is 11.7 Å². The van der Waals surface area contributed by atoms with E-state index in [1.165, 1.54) is 0 Å². The van der Waals surface area contributed by atoms with Gasteiger partial charge in [0.25, 0.3) is 0 Å². The summed E-state index contributed by atoms with van der Waals surface area (Å²) in [6.45, 7) is 5.22. The molecule has 6 nitrogen and oxygen atoms in total. The number of aliphatic imine (C=N–C) groups is 1. The molecule has 0 saturated carbocycles. The summed E-state index contributed by atoms with van der Waals surface area (Å²) in [7, 11) is 1.73. The number of rotatable bonds is 5. The summed E-state index contributed by atoms with van der Waals surface area (Å²) in [6, 6.07) is 9.99. The van der Waals surface area contributed by atoms with Crippen molar-refractivity contribution >= 4 is 40.9 Å². The van der Waals surface area contributed by atoms with E-state index in [0.717, 1.165) is 40.2 Å². The van der Waals surface area contributed by atoms with Crippen molar-refractivity contribution in [2.75, 3.05) is 7.05 Å². The number of fused-ring (bicyclic) bond motifs is 1. The monoisotopic (exact) mass is 454 g/mol. The van der Waals surface area contributed by atoms with E-state index in [0.29, 0.717) is 19.0 Å². The molecule has 0 radical (unpaired) electrons. The highest BCUT2D eigenvalue weighted by atomic mass is 127. The van der Waals surface area contributed by atoms with Crippen LogP contribution in [0.2, 0.25) is 0 Å². The molecule has 25 heavy (non-hydrogen) atoms. The minimum Gasteiger partial charge on any atom is -0.459 e. The molecule has 7 heteroatoms. The molecule has 0 saturated heterocycles. The van der Waals surface area contributed by atoms with Crippen LogP contribution in [0.5, 0.6) is 0 Å². The Kier molecular flexibility index (Phi) is 6.86. The molecule has 0 aliphatic carbocycles. The summed E-state index contributed by atoms with van der Waals surface area (Å²) in [6.07, 6.45) is 0.863. The van der Waals surface area contributed by atoms with E-state index in [1.54, 1.807) is 7.05 Å². The molecule has 1 aromatic carbocycles. The molecule has 0 aliphatic heterocycles. The number of nitrogens with one attached hydrogen (secondary N) is 2. The lowest BCUT2D eigenvalue weighted by molar-refractivity contribution is 0.374. The van der Waals surface area contributed by atoms with E-state index in [9.17, 15) is 0 Å². The molecule has 0 bridgehead atoms. The average molecular weight is 454 g/mol. The fraction of sp³-hybridized carbons (Fsp3) is 0.333. The van der Waals surface area contributed by atoms with Crippen molar-refractivity contribution in [2.24, 2.45) is 4.99 Å². The van der Waals surface area contributed by atoms with Crippen molar-refractivity contribution in [1.82, 2.24) is 15.8 Å². The summed E-state index contributed by atoms with van der Waals surface area (Å²) in [5.74, 6) is 2.38. The smallest absolute Gasteiger partial charge is 0.191 e. The second-order valence-corrected chi connectivity index (χ2v) is 5.56. The molecule has 3 aromatic rings. The summed E-state index contributed by atoms with van der Waals surface area (Å²) in [4.78, 5) is 4.22. The second kappa shape index (κ2) is 8.89. The van der Waals surface area contributed by atoms with Gasteiger partial charge in [-0.25, -0.2) is 0 Å². The maximum atomic E-state index is 5.90. The van der Waals surface area contributed by atoms with Gasteiger partial charge in [0.05, 0.1) is 18.8 Å². The minimum absolute atomic E-state index is 0. The van der Waals surface area contributed by atoms with E-state index >= 15 is 0 Å². The zero-order valence-corrected chi connectivity index (χ0v) is 17.0. The highest BCUT2D eigenvalue weighted by molar-refractivity contribution is 14.0. The SMILES string of the molecule is CCc1cc(CNC(=NC)NCc2oc3ccccc3c2C)on1.I. The van der Waals surface area contributed by atoms with Crippen molar-refractivity contribution in [3.8, 4) is 0 Å². The minimum atomic E-state index is 0. The summed E-state index contributed by atoms with van der Waals surface area (Å²) in [5.41, 5.74) is 3.01. The summed E-state index contributed by atoms with van der Waals surface area (Å²) >= 11 is 0. The molecule has 2 heterocycles. The predicted octanol–water partition coefficient (Wildman–Crippen LogP) is 3.77. The number of benzene rings is 1. The Balaban J connectivity index is 0.00000225. The largest absolute Gasteiger partial charge is 0.459 e. The fourth-order valence-corrected chi connectivity index (χ4v) is 2.55. The zero-order chi connectivity index (χ0) is 16.9. The number of furan rings is 1. The van der Waals surface area contributed by atoms with E-state index in [1.807, 2.05) is 31.2 Å². The average Bonchev–Trinajstić information content (AvgIpc) is 3.20. The maximum Gasteiger partial charge on any atom is 0.191 e. The predicted molar refractivity (Wildman–Crippen MR) is 109 cm³/mol. The maximum absolute atomic E-state index is 5.90. The molecule has 0 atom stereocenters. The number of nitrogens with zero attached hydrogens (tertiary/aromatic N) is 2. The van der Waals surface area contributed by atoms with Crippen LogP contribution in [0, 0.1) is 6.92 Å². The van der Waals surface area contributed by atoms with Crippen LogP contribution in [0.1, 0.15) is 29.7 Å². The van der Waals surface area contributed by atoms with Crippen molar-refractivity contribution in [2.45, 2.75) is 33.4 Å². The number of halogens is 1. The van der Waals surface area contributed by atoms with Crippen LogP contribution in [0.4, 0.5) is 0 Å². The first kappa shape index (κ1) is 19.3. The lowest BCUT2D eigenvalue weighted by atomic mass is 10.1. The molecule has 0 amide bonds. The normalized spacial score (nSPS) is 11.4. The van der Waals surface area contributed by atoms with E-state index in [-0.39, 0.29) is 24.0 Å². The number of guanidine groups is 1. The van der Waals surface area contributed by atoms with Gasteiger partial charge in [-0.05, 0) is 19.4 Å². The van der Waals surface area contributed by atoms with Crippen LogP contribution >= 0.6 is 24.0 Å². The molecule has 3 rings (SSSR count). The second-order valence-electron chi connectivity index (χ2n) is 5.56. The first-order valence-corrected chi connectivity index (χ1v) is 8.07. The third-order valence-corrected chi connectivity index (χ3v) is 3.98. The first-order valence-electron chi connectivity index (χ1n) is 8.07. The van der Waals surface area contributed by atoms with Crippen molar-refractivity contribution in [3.63, 3.8) is 0 Å². The third kappa shape index (κ3) is 4.53. The number of hydrogen-bond acceptors (Lipinski definition) is 4. The number of hydrogen-bond donors (Lipinski definition) is 2. The Bertz CT molecular complexity index is 854. The third-order valence-electron chi connectivity index (χ3n) is 3.98. The van der Waals surface area contributed by atoms with Gasteiger partial charge >= 0.3 is 0 Å². The van der Waals surface area contributed by atoms with E-state index in [2.05, 4.69) is 33.8 Å². The molecule has 134 valence electrons. The lowest BCUT2D eigenvalue weighted by Gasteiger charge is -2.09. The Hall–Kier alpha value is -2.03. The number of para-hydroxylation sites is 1. The van der Waals surface area contributed by atoms with Crippen LogP contribution < -0.4 is 10.6 Å². The Morgan fingerprint density at radius 1 is 1.20 bits per heavy atom. The van der Waals surface area contributed by atoms with Crippen LogP contribution in [0.15, 0.2) is 44.3 Å². The Morgan fingerprint density at radius 3 is 2.64 bits per heavy atom. The fourth-order valence-electron chi connectivity index (χ4n) is 2.55. The van der Waals surface area contributed by atoms with Crippen LogP contribution in [-0.4, -0.2) is 18.2 Å². The molecule has 0 spiro atoms. The van der Waals surface area contributed by atoms with Crippen molar-refractivity contribution < 1.29 is 8.94 Å². The molecule has 2 N–H and O–H groups in total. The zero-order valence-electron chi connectivity index (χ0n) is 14.6. The molecule has 0 aliphatic rings. The van der Waals surface area contributed by atoms with Crippen LogP contribution in [0.25, 0.3) is 11.0 Å². The van der Waals surface area contributed by atoms with Gasteiger partial charge in [-0.2, -0.15) is 0 Å². The van der Waals surface area contributed by atoms with Gasteiger partial charge in [-0.3, -0.25) is 4.99 Å². The Labute approximate surface area is 164 Å². The van der Waals surface area contributed by atoms with Gasteiger partial charge in [-0.15, -0.1) is 24.0 Å². The van der Waals surface area contributed by atoms with Crippen LogP contribution in [-0.2, 0) is 19.5 Å². The van der Waals surface area contributed by atoms with Gasteiger partial charge < -0.3 is 19.6 Å². The van der Waals surface area contributed by atoms with Gasteiger partial charge in [0.1, 0.15) is 11.3 Å². The number of aryl methyl sites for hydroxylation is 2. The standard InChI is InChI=1S/C18H22N4O2.HI/c1-4-13-9-14(24-22-13)10-20-18(19-3)21-11-17-12(2)15-7-5-6-8-16(15)23-17;/h5-9H,4,10-11H2,1-3H3,(H2,19,20,21);1H. The van der Waals surface area contributed by atoms with Gasteiger partial charge in [-0.1, -0.05) is 30.3 Å². The molecule has 2 aromatic heterocycles.